The van der Waals surface area contributed by atoms with Gasteiger partial charge in [0.15, 0.2) is 0 Å². The van der Waals surface area contributed by atoms with Crippen molar-refractivity contribution in [3.05, 3.63) is 0 Å². The Bertz CT molecular complexity index is 448. The predicted molar refractivity (Wildman–Crippen MR) is 89.3 cm³/mol. The van der Waals surface area contributed by atoms with Gasteiger partial charge in [0, 0.05) is 6.61 Å². The van der Waals surface area contributed by atoms with Crippen LogP contribution in [-0.2, 0) is 38.1 Å². The first-order valence-corrected chi connectivity index (χ1v) is 8.65. The molecule has 9 heteroatoms. The third-order valence-electron chi connectivity index (χ3n) is 3.01. The third-order valence-corrected chi connectivity index (χ3v) is 3.01. The van der Waals surface area contributed by atoms with Gasteiger partial charge in [0.05, 0.1) is 32.3 Å². The van der Waals surface area contributed by atoms with Crippen LogP contribution in [0.2, 0.25) is 0 Å². The summed E-state index contributed by atoms with van der Waals surface area (Å²) in [5.74, 6) is -2.91. The van der Waals surface area contributed by atoms with E-state index < -0.39 is 23.9 Å². The lowest BCUT2D eigenvalue weighted by Crippen LogP contribution is -2.21. The van der Waals surface area contributed by atoms with Gasteiger partial charge < -0.3 is 24.1 Å². The molecule has 0 aromatic carbocycles. The van der Waals surface area contributed by atoms with Gasteiger partial charge in [-0.1, -0.05) is 13.3 Å². The van der Waals surface area contributed by atoms with Gasteiger partial charge in [-0.25, -0.2) is 0 Å². The molecule has 0 rings (SSSR count). The van der Waals surface area contributed by atoms with E-state index in [1.807, 2.05) is 0 Å². The van der Waals surface area contributed by atoms with E-state index in [1.54, 1.807) is 6.92 Å². The number of carboxylic acids is 1. The Morgan fingerprint density at radius 3 is 1.92 bits per heavy atom. The van der Waals surface area contributed by atoms with Gasteiger partial charge in [0.25, 0.3) is 0 Å². The van der Waals surface area contributed by atoms with Gasteiger partial charge in [-0.2, -0.15) is 0 Å². The second-order valence-corrected chi connectivity index (χ2v) is 5.56. The predicted octanol–water partition coefficient (Wildman–Crippen LogP) is 1.47. The number of aliphatic carboxylic acids is 1. The van der Waals surface area contributed by atoms with Gasteiger partial charge >= 0.3 is 23.9 Å². The lowest BCUT2D eigenvalue weighted by Gasteiger charge is -2.13. The number of carbonyl (C=O) groups is 4. The highest BCUT2D eigenvalue weighted by Crippen LogP contribution is 2.01. The maximum absolute atomic E-state index is 11.6. The van der Waals surface area contributed by atoms with Crippen molar-refractivity contribution in [2.45, 2.75) is 58.5 Å². The molecule has 150 valence electrons. The number of carboxylic acid groups (broad SMARTS) is 1. The smallest absolute Gasteiger partial charge is 0.306 e. The zero-order valence-corrected chi connectivity index (χ0v) is 15.4. The molecule has 0 aromatic heterocycles. The van der Waals surface area contributed by atoms with Crippen LogP contribution >= 0.6 is 0 Å². The van der Waals surface area contributed by atoms with Crippen LogP contribution in [0.15, 0.2) is 0 Å². The van der Waals surface area contributed by atoms with Gasteiger partial charge in [0.2, 0.25) is 0 Å². The molecule has 0 aliphatic heterocycles. The molecule has 0 aliphatic rings. The summed E-state index contributed by atoms with van der Waals surface area (Å²) in [7, 11) is 0. The Morgan fingerprint density at radius 1 is 0.846 bits per heavy atom. The average Bonchev–Trinajstić information content (AvgIpc) is 2.58. The van der Waals surface area contributed by atoms with Crippen molar-refractivity contribution < 1.29 is 43.2 Å². The Kier molecular flexibility index (Phi) is 13.9. The molecule has 26 heavy (non-hydrogen) atoms. The molecular weight excluding hydrogens is 348 g/mol. The lowest BCUT2D eigenvalue weighted by atomic mass is 10.3. The topological polar surface area (TPSA) is 125 Å². The molecule has 1 atom stereocenters. The van der Waals surface area contributed by atoms with Crippen LogP contribution in [-0.4, -0.2) is 61.5 Å². The van der Waals surface area contributed by atoms with Crippen LogP contribution < -0.4 is 0 Å². The maximum Gasteiger partial charge on any atom is 0.306 e. The van der Waals surface area contributed by atoms with E-state index in [0.717, 1.165) is 12.8 Å². The molecule has 0 amide bonds. The van der Waals surface area contributed by atoms with Crippen molar-refractivity contribution in [1.29, 1.82) is 0 Å². The third kappa shape index (κ3) is 15.4. The van der Waals surface area contributed by atoms with Crippen molar-refractivity contribution in [3.63, 3.8) is 0 Å². The molecule has 0 aromatic rings. The highest BCUT2D eigenvalue weighted by atomic mass is 16.6. The highest BCUT2D eigenvalue weighted by Gasteiger charge is 2.13. The Morgan fingerprint density at radius 2 is 1.38 bits per heavy atom. The van der Waals surface area contributed by atoms with Gasteiger partial charge in [-0.3, -0.25) is 19.2 Å². The molecule has 0 heterocycles. The molecule has 0 radical (unpaired) electrons. The lowest BCUT2D eigenvalue weighted by molar-refractivity contribution is -0.157. The van der Waals surface area contributed by atoms with E-state index in [9.17, 15) is 19.2 Å². The summed E-state index contributed by atoms with van der Waals surface area (Å²) in [6.45, 7) is 4.36. The number of esters is 3. The van der Waals surface area contributed by atoms with Crippen molar-refractivity contribution in [1.82, 2.24) is 0 Å². The minimum atomic E-state index is -1.10. The summed E-state index contributed by atoms with van der Waals surface area (Å²) in [5.41, 5.74) is 0. The van der Waals surface area contributed by atoms with E-state index in [4.69, 9.17) is 24.1 Å². The quantitative estimate of drug-likeness (QED) is 0.257. The summed E-state index contributed by atoms with van der Waals surface area (Å²) in [6, 6.07) is 0. The van der Waals surface area contributed by atoms with Gasteiger partial charge in [-0.15, -0.1) is 0 Å². The highest BCUT2D eigenvalue weighted by molar-refractivity contribution is 5.78. The summed E-state index contributed by atoms with van der Waals surface area (Å²) in [4.78, 5) is 44.5. The molecule has 1 N–H and O–H groups in total. The van der Waals surface area contributed by atoms with Crippen LogP contribution in [0.1, 0.15) is 52.4 Å². The first kappa shape index (κ1) is 23.8. The molecule has 0 spiro atoms. The summed E-state index contributed by atoms with van der Waals surface area (Å²) < 4.78 is 19.9. The number of unbranched alkanes of at least 4 members (excludes halogenated alkanes) is 1. The number of hydrogen-bond donors (Lipinski definition) is 1. The molecule has 0 saturated carbocycles. The second-order valence-electron chi connectivity index (χ2n) is 5.56. The van der Waals surface area contributed by atoms with Crippen LogP contribution in [0.5, 0.6) is 0 Å². The average molecular weight is 376 g/mol. The van der Waals surface area contributed by atoms with Gasteiger partial charge in [-0.05, 0) is 13.3 Å². The normalized spacial score (nSPS) is 11.5. The Labute approximate surface area is 152 Å². The molecule has 9 nitrogen and oxygen atoms in total. The second kappa shape index (κ2) is 15.1. The fourth-order valence-corrected chi connectivity index (χ4v) is 1.68. The van der Waals surface area contributed by atoms with Crippen LogP contribution in [0.3, 0.4) is 0 Å². The van der Waals surface area contributed by atoms with E-state index >= 15 is 0 Å². The van der Waals surface area contributed by atoms with Crippen molar-refractivity contribution in [3.8, 4) is 0 Å². The summed E-state index contributed by atoms with van der Waals surface area (Å²) in [5, 5.41) is 8.41. The summed E-state index contributed by atoms with van der Waals surface area (Å²) >= 11 is 0. The minimum absolute atomic E-state index is 0.115. The number of rotatable bonds is 15. The Balaban J connectivity index is 3.67. The van der Waals surface area contributed by atoms with Crippen molar-refractivity contribution in [2.75, 3.05) is 26.4 Å². The van der Waals surface area contributed by atoms with E-state index in [1.165, 1.54) is 0 Å². The molecule has 0 aliphatic carbocycles. The molecule has 0 saturated heterocycles. The Hall–Kier alpha value is -2.16. The number of hydrogen-bond acceptors (Lipinski definition) is 8. The first-order valence-electron chi connectivity index (χ1n) is 8.65. The van der Waals surface area contributed by atoms with Crippen LogP contribution in [0, 0.1) is 0 Å². The van der Waals surface area contributed by atoms with E-state index in [2.05, 4.69) is 6.92 Å². The molecule has 0 fully saturated rings. The molecule has 0 bridgehead atoms. The van der Waals surface area contributed by atoms with Gasteiger partial charge in [0.1, 0.15) is 19.3 Å². The fourth-order valence-electron chi connectivity index (χ4n) is 1.68. The van der Waals surface area contributed by atoms with E-state index in [0.29, 0.717) is 13.2 Å². The number of carbonyl (C=O) groups excluding carboxylic acids is 3. The maximum atomic E-state index is 11.6. The van der Waals surface area contributed by atoms with Crippen molar-refractivity contribution in [2.24, 2.45) is 0 Å². The van der Waals surface area contributed by atoms with Crippen molar-refractivity contribution >= 4 is 23.9 Å². The first-order chi connectivity index (χ1) is 12.3. The zero-order chi connectivity index (χ0) is 19.8. The standard InChI is InChI=1S/C17H28O9/c1-3-4-9-23-12-13(2)26-17(22)8-7-16(21)25-11-10-24-15(20)6-5-14(18)19/h13H,3-12H2,1-2H3,(H,18,19). The minimum Gasteiger partial charge on any atom is -0.481 e. The number of ether oxygens (including phenoxy) is 4. The largest absolute Gasteiger partial charge is 0.481 e. The SMILES string of the molecule is CCCCOCC(C)OC(=O)CCC(=O)OCCOC(=O)CCC(=O)O. The van der Waals surface area contributed by atoms with Crippen LogP contribution in [0.4, 0.5) is 0 Å². The fraction of sp³-hybridized carbons (Fsp3) is 0.765. The van der Waals surface area contributed by atoms with E-state index in [-0.39, 0.29) is 45.0 Å². The molecular formula is C17H28O9. The van der Waals surface area contributed by atoms with Crippen LogP contribution in [0.25, 0.3) is 0 Å². The zero-order valence-electron chi connectivity index (χ0n) is 15.4. The molecule has 1 unspecified atom stereocenters. The summed E-state index contributed by atoms with van der Waals surface area (Å²) in [6.07, 6.45) is 0.768. The monoisotopic (exact) mass is 376 g/mol.